The highest BCUT2D eigenvalue weighted by Crippen LogP contribution is 2.67. The Hall–Kier alpha value is -4.13. The Morgan fingerprint density at radius 3 is 2.31 bits per heavy atom. The second kappa shape index (κ2) is 10.6. The second-order valence-corrected chi connectivity index (χ2v) is 11.0. The van der Waals surface area contributed by atoms with Crippen LogP contribution in [-0.4, -0.2) is 77.2 Å². The number of aliphatic hydroxyl groups is 1. The van der Waals surface area contributed by atoms with E-state index < -0.39 is 65.3 Å². The number of methoxy groups -OCH3 is 1. The third-order valence-corrected chi connectivity index (χ3v) is 8.65. The van der Waals surface area contributed by atoms with Gasteiger partial charge >= 0.3 is 29.8 Å². The van der Waals surface area contributed by atoms with E-state index in [0.717, 1.165) is 44.7 Å². The first-order valence-electron chi connectivity index (χ1n) is 13.6. The van der Waals surface area contributed by atoms with Crippen LogP contribution < -0.4 is 9.47 Å². The number of carbonyl (C=O) groups excluding carboxylic acids is 4. The Morgan fingerprint density at radius 2 is 1.69 bits per heavy atom. The second-order valence-electron chi connectivity index (χ2n) is 11.0. The van der Waals surface area contributed by atoms with Crippen LogP contribution in [-0.2, 0) is 54.8 Å². The number of hydrogen-bond donors (Lipinski definition) is 2. The van der Waals surface area contributed by atoms with Crippen molar-refractivity contribution in [2.45, 2.75) is 88.3 Å². The van der Waals surface area contributed by atoms with Crippen LogP contribution in [0, 0.1) is 5.92 Å². The minimum atomic E-state index is -2.16. The maximum atomic E-state index is 13.6. The van der Waals surface area contributed by atoms with Gasteiger partial charge in [-0.15, -0.1) is 0 Å². The SMILES string of the molecule is COc1ccc2c3c1O[C@H]1C(OC(=O)[C@@H](OC(C)=O)[C@H](OC(C)=O)C(=O)O[C@@H](C)C(=O)O)=CC[C@@]4(O)[C@H](CCC[C@]314)C2. The zero-order valence-corrected chi connectivity index (χ0v) is 23.5. The smallest absolute Gasteiger partial charge is 0.357 e. The predicted octanol–water partition coefficient (Wildman–Crippen LogP) is 1.49. The molecule has 0 saturated heterocycles. The van der Waals surface area contributed by atoms with Gasteiger partial charge in [-0.3, -0.25) is 9.59 Å². The normalized spacial score (nSPS) is 28.5. The van der Waals surface area contributed by atoms with Crippen LogP contribution in [0.5, 0.6) is 11.5 Å². The van der Waals surface area contributed by atoms with Crippen LogP contribution in [0.3, 0.4) is 0 Å². The molecule has 2 bridgehead atoms. The summed E-state index contributed by atoms with van der Waals surface area (Å²) >= 11 is 0. The molecular weight excluding hydrogens is 556 g/mol. The molecule has 42 heavy (non-hydrogen) atoms. The van der Waals surface area contributed by atoms with Crippen molar-refractivity contribution in [3.63, 3.8) is 0 Å². The first-order valence-corrected chi connectivity index (χ1v) is 13.6. The van der Waals surface area contributed by atoms with E-state index in [1.807, 2.05) is 6.07 Å². The minimum absolute atomic E-state index is 0.0161. The van der Waals surface area contributed by atoms with Gasteiger partial charge in [-0.05, 0) is 56.2 Å². The quantitative estimate of drug-likeness (QED) is 0.313. The summed E-state index contributed by atoms with van der Waals surface area (Å²) in [6.07, 6.45) is -2.46. The van der Waals surface area contributed by atoms with Crippen molar-refractivity contribution in [1.29, 1.82) is 0 Å². The molecule has 5 rings (SSSR count). The molecule has 1 saturated carbocycles. The molecule has 0 unspecified atom stereocenters. The topological polar surface area (TPSA) is 181 Å². The van der Waals surface area contributed by atoms with Crippen LogP contribution >= 0.6 is 0 Å². The maximum absolute atomic E-state index is 13.6. The van der Waals surface area contributed by atoms with E-state index >= 15 is 0 Å². The molecule has 1 fully saturated rings. The minimum Gasteiger partial charge on any atom is -0.493 e. The number of hydrogen-bond acceptors (Lipinski definition) is 12. The van der Waals surface area contributed by atoms with Crippen molar-refractivity contribution in [1.82, 2.24) is 0 Å². The van der Waals surface area contributed by atoms with Crippen LogP contribution in [0.4, 0.5) is 0 Å². The zero-order valence-electron chi connectivity index (χ0n) is 23.5. The summed E-state index contributed by atoms with van der Waals surface area (Å²) < 4.78 is 32.5. The van der Waals surface area contributed by atoms with Gasteiger partial charge in [-0.2, -0.15) is 0 Å². The summed E-state index contributed by atoms with van der Waals surface area (Å²) in [5, 5.41) is 21.3. The average Bonchev–Trinajstić information content (AvgIpc) is 3.26. The number of esters is 4. The van der Waals surface area contributed by atoms with Gasteiger partial charge < -0.3 is 38.6 Å². The first kappa shape index (κ1) is 29.4. The monoisotopic (exact) mass is 588 g/mol. The van der Waals surface area contributed by atoms with Gasteiger partial charge in [0.2, 0.25) is 12.2 Å². The van der Waals surface area contributed by atoms with Gasteiger partial charge in [0.05, 0.1) is 18.1 Å². The van der Waals surface area contributed by atoms with E-state index in [2.05, 4.69) is 0 Å². The van der Waals surface area contributed by atoms with E-state index in [0.29, 0.717) is 24.3 Å². The molecule has 0 radical (unpaired) electrons. The standard InChI is InChI=1S/C29H32O13/c1-13(25(32)33)38-26(34)22(39-14(2)30)23(40-15(3)31)27(35)41-19-9-11-29(36)17-6-5-10-28(29)20-16(12-17)7-8-18(37-4)21(20)42-24(19)28/h7-9,13,17,22-24,36H,5-6,10-12H2,1-4H3,(H,32,33)/t13-,17+,22-,23-,24-,28-,29+/m0/s1. The Balaban J connectivity index is 1.51. The molecule has 1 heterocycles. The predicted molar refractivity (Wildman–Crippen MR) is 138 cm³/mol. The molecular formula is C29H32O13. The van der Waals surface area contributed by atoms with Crippen molar-refractivity contribution < 1.29 is 62.6 Å². The van der Waals surface area contributed by atoms with Crippen LogP contribution in [0.2, 0.25) is 0 Å². The lowest BCUT2D eigenvalue weighted by atomic mass is 9.47. The fourth-order valence-corrected chi connectivity index (χ4v) is 6.97. The summed E-state index contributed by atoms with van der Waals surface area (Å²) in [7, 11) is 1.50. The lowest BCUT2D eigenvalue weighted by Crippen LogP contribution is -2.67. The third kappa shape index (κ3) is 4.46. The van der Waals surface area contributed by atoms with Crippen molar-refractivity contribution in [3.05, 3.63) is 35.1 Å². The Kier molecular flexibility index (Phi) is 7.42. The number of carboxylic acid groups (broad SMARTS) is 1. The summed E-state index contributed by atoms with van der Waals surface area (Å²) in [4.78, 5) is 61.5. The van der Waals surface area contributed by atoms with Crippen LogP contribution in [0.15, 0.2) is 24.0 Å². The van der Waals surface area contributed by atoms with Gasteiger partial charge in [-0.25, -0.2) is 14.4 Å². The highest BCUT2D eigenvalue weighted by Gasteiger charge is 2.71. The molecule has 0 amide bonds. The zero-order chi connectivity index (χ0) is 30.6. The molecule has 0 aromatic heterocycles. The summed E-state index contributed by atoms with van der Waals surface area (Å²) in [6, 6.07) is 3.75. The molecule has 2 N–H and O–H groups in total. The molecule has 7 atom stereocenters. The largest absolute Gasteiger partial charge is 0.493 e. The van der Waals surface area contributed by atoms with Gasteiger partial charge in [0, 0.05) is 19.4 Å². The van der Waals surface area contributed by atoms with Gasteiger partial charge in [0.15, 0.2) is 23.7 Å². The number of carboxylic acids is 1. The molecule has 4 aliphatic rings. The highest BCUT2D eigenvalue weighted by molar-refractivity contribution is 5.90. The Morgan fingerprint density at radius 1 is 1.02 bits per heavy atom. The molecule has 13 nitrogen and oxygen atoms in total. The molecule has 13 heteroatoms. The van der Waals surface area contributed by atoms with E-state index in [4.69, 9.17) is 33.5 Å². The van der Waals surface area contributed by atoms with E-state index in [1.165, 1.54) is 7.11 Å². The number of rotatable bonds is 9. The molecule has 226 valence electrons. The van der Waals surface area contributed by atoms with Crippen molar-refractivity contribution >= 4 is 29.8 Å². The fraction of sp³-hybridized carbons (Fsp3) is 0.552. The van der Waals surface area contributed by atoms with Gasteiger partial charge in [0.1, 0.15) is 5.76 Å². The first-order chi connectivity index (χ1) is 19.8. The van der Waals surface area contributed by atoms with E-state index in [9.17, 15) is 29.1 Å². The summed E-state index contributed by atoms with van der Waals surface area (Å²) in [5.41, 5.74) is -0.325. The number of ether oxygens (including phenoxy) is 6. The number of aliphatic carboxylic acids is 1. The lowest BCUT2D eigenvalue weighted by Gasteiger charge is -2.59. The number of carbonyl (C=O) groups is 5. The van der Waals surface area contributed by atoms with Gasteiger partial charge in [-0.1, -0.05) is 12.5 Å². The average molecular weight is 589 g/mol. The third-order valence-electron chi connectivity index (χ3n) is 8.65. The van der Waals surface area contributed by atoms with Crippen molar-refractivity contribution in [3.8, 4) is 11.5 Å². The molecule has 1 spiro atoms. The van der Waals surface area contributed by atoms with Crippen LogP contribution in [0.25, 0.3) is 0 Å². The highest BCUT2D eigenvalue weighted by atomic mass is 16.6. The summed E-state index contributed by atoms with van der Waals surface area (Å²) in [6.45, 7) is 2.96. The fourth-order valence-electron chi connectivity index (χ4n) is 6.97. The molecule has 1 aromatic carbocycles. The molecule has 1 aromatic rings. The van der Waals surface area contributed by atoms with Gasteiger partial charge in [0.25, 0.3) is 0 Å². The van der Waals surface area contributed by atoms with Crippen molar-refractivity contribution in [2.24, 2.45) is 5.92 Å². The van der Waals surface area contributed by atoms with Crippen molar-refractivity contribution in [2.75, 3.05) is 7.11 Å². The molecule has 3 aliphatic carbocycles. The molecule has 1 aliphatic heterocycles. The van der Waals surface area contributed by atoms with Crippen LogP contribution in [0.1, 0.15) is 57.6 Å². The maximum Gasteiger partial charge on any atom is 0.357 e. The summed E-state index contributed by atoms with van der Waals surface area (Å²) in [5.74, 6) is -5.42. The lowest BCUT2D eigenvalue weighted by molar-refractivity contribution is -0.194. The Bertz CT molecular complexity index is 1380. The van der Waals surface area contributed by atoms with E-state index in [1.54, 1.807) is 12.1 Å². The van der Waals surface area contributed by atoms with E-state index in [-0.39, 0.29) is 18.1 Å². The number of benzene rings is 1. The Labute approximate surface area is 240 Å².